The summed E-state index contributed by atoms with van der Waals surface area (Å²) in [6, 6.07) is 67.3. The Bertz CT molecular complexity index is 3180. The molecule has 6 heteroatoms. The van der Waals surface area contributed by atoms with Gasteiger partial charge in [0.25, 0.3) is 0 Å². The molecule has 0 spiro atoms. The lowest BCUT2D eigenvalue weighted by Crippen LogP contribution is -2.01. The second-order valence-electron chi connectivity index (χ2n) is 14.5. The van der Waals surface area contributed by atoms with Crippen LogP contribution >= 0.6 is 0 Å². The van der Waals surface area contributed by atoms with Gasteiger partial charge in [-0.3, -0.25) is 9.55 Å². The predicted octanol–water partition coefficient (Wildman–Crippen LogP) is 12.9. The van der Waals surface area contributed by atoms with Crippen molar-refractivity contribution in [3.63, 3.8) is 0 Å². The predicted molar refractivity (Wildman–Crippen MR) is 240 cm³/mol. The summed E-state index contributed by atoms with van der Waals surface area (Å²) in [6.45, 7) is 0. The van der Waals surface area contributed by atoms with Gasteiger partial charge in [0.15, 0.2) is 17.5 Å². The molecule has 0 fully saturated rings. The lowest BCUT2D eigenvalue weighted by Gasteiger charge is -2.18. The van der Waals surface area contributed by atoms with Crippen molar-refractivity contribution in [3.8, 4) is 73.5 Å². The molecule has 276 valence electrons. The van der Waals surface area contributed by atoms with E-state index in [4.69, 9.17) is 19.9 Å². The molecule has 0 aliphatic carbocycles. The van der Waals surface area contributed by atoms with E-state index in [2.05, 4.69) is 131 Å². The first-order chi connectivity index (χ1) is 29.3. The molecule has 0 amide bonds. The minimum atomic E-state index is 0.639. The molecule has 11 rings (SSSR count). The minimum Gasteiger partial charge on any atom is -0.292 e. The number of hydrogen-bond acceptors (Lipinski definition) is 5. The number of imidazole rings is 1. The zero-order valence-corrected chi connectivity index (χ0v) is 31.8. The second kappa shape index (κ2) is 14.4. The molecule has 6 nitrogen and oxygen atoms in total. The summed E-state index contributed by atoms with van der Waals surface area (Å²) in [7, 11) is 0. The van der Waals surface area contributed by atoms with Gasteiger partial charge in [0.2, 0.25) is 0 Å². The number of pyridine rings is 1. The normalized spacial score (nSPS) is 11.4. The maximum absolute atomic E-state index is 5.18. The highest BCUT2D eigenvalue weighted by Crippen LogP contribution is 2.44. The first-order valence-electron chi connectivity index (χ1n) is 19.7. The first kappa shape index (κ1) is 34.2. The average molecular weight is 755 g/mol. The maximum Gasteiger partial charge on any atom is 0.165 e. The third-order valence-corrected chi connectivity index (χ3v) is 10.9. The fourth-order valence-electron chi connectivity index (χ4n) is 8.22. The zero-order valence-electron chi connectivity index (χ0n) is 31.8. The van der Waals surface area contributed by atoms with Crippen LogP contribution in [-0.4, -0.2) is 29.5 Å². The standard InChI is InChI=1S/C53H34N6/c1-4-15-37(16-5-1)50-56-51(38-17-6-2-7-18-38)58-52(57-50)49-44-24-12-10-22-42(44)48(43-23-11-13-25-45(43)49)36-28-26-35(27-29-36)39-30-31-47-46(33-39)55-53(40-19-14-32-54-34-40)59(47)41-20-8-3-9-21-41/h1-34H. The molecule has 0 atom stereocenters. The first-order valence-corrected chi connectivity index (χ1v) is 19.7. The highest BCUT2D eigenvalue weighted by molar-refractivity contribution is 6.20. The Hall–Kier alpha value is -8.09. The van der Waals surface area contributed by atoms with Gasteiger partial charge in [-0.2, -0.15) is 0 Å². The van der Waals surface area contributed by atoms with Crippen LogP contribution < -0.4 is 0 Å². The van der Waals surface area contributed by atoms with Crippen molar-refractivity contribution in [2.75, 3.05) is 0 Å². The van der Waals surface area contributed by atoms with Crippen LogP contribution in [0.5, 0.6) is 0 Å². The molecule has 3 heterocycles. The molecule has 8 aromatic carbocycles. The topological polar surface area (TPSA) is 69.4 Å². The minimum absolute atomic E-state index is 0.639. The molecule has 59 heavy (non-hydrogen) atoms. The quantitative estimate of drug-likeness (QED) is 0.152. The number of benzene rings is 8. The Morgan fingerprint density at radius 2 is 0.831 bits per heavy atom. The summed E-state index contributed by atoms with van der Waals surface area (Å²) in [5.41, 5.74) is 11.4. The van der Waals surface area contributed by atoms with Crippen molar-refractivity contribution >= 4 is 32.6 Å². The Morgan fingerprint density at radius 1 is 0.339 bits per heavy atom. The van der Waals surface area contributed by atoms with Crippen LogP contribution in [0, 0.1) is 0 Å². The van der Waals surface area contributed by atoms with Crippen molar-refractivity contribution in [2.24, 2.45) is 0 Å². The van der Waals surface area contributed by atoms with Gasteiger partial charge in [-0.15, -0.1) is 0 Å². The Kier molecular flexibility index (Phi) is 8.37. The van der Waals surface area contributed by atoms with E-state index >= 15 is 0 Å². The summed E-state index contributed by atoms with van der Waals surface area (Å²) in [5.74, 6) is 2.78. The smallest absolute Gasteiger partial charge is 0.165 e. The number of para-hydroxylation sites is 1. The van der Waals surface area contributed by atoms with Crippen molar-refractivity contribution in [2.45, 2.75) is 0 Å². The molecule has 11 aromatic rings. The molecule has 0 bridgehead atoms. The van der Waals surface area contributed by atoms with Crippen LogP contribution in [0.3, 0.4) is 0 Å². The number of rotatable bonds is 7. The molecule has 3 aromatic heterocycles. The fourth-order valence-corrected chi connectivity index (χ4v) is 8.22. The van der Waals surface area contributed by atoms with Gasteiger partial charge >= 0.3 is 0 Å². The van der Waals surface area contributed by atoms with Gasteiger partial charge in [-0.1, -0.05) is 158 Å². The monoisotopic (exact) mass is 754 g/mol. The third kappa shape index (κ3) is 6.11. The van der Waals surface area contributed by atoms with Crippen molar-refractivity contribution in [3.05, 3.63) is 207 Å². The highest BCUT2D eigenvalue weighted by Gasteiger charge is 2.21. The summed E-state index contributed by atoms with van der Waals surface area (Å²) in [5, 5.41) is 4.43. The van der Waals surface area contributed by atoms with Gasteiger partial charge in [0.1, 0.15) is 5.82 Å². The Labute approximate surface area is 340 Å². The van der Waals surface area contributed by atoms with E-state index in [0.29, 0.717) is 17.5 Å². The summed E-state index contributed by atoms with van der Waals surface area (Å²) >= 11 is 0. The number of hydrogen-bond donors (Lipinski definition) is 0. The average Bonchev–Trinajstić information content (AvgIpc) is 3.71. The Morgan fingerprint density at radius 3 is 1.41 bits per heavy atom. The van der Waals surface area contributed by atoms with E-state index in [1.165, 1.54) is 5.56 Å². The molecule has 0 saturated carbocycles. The van der Waals surface area contributed by atoms with E-state index in [1.807, 2.05) is 79.0 Å². The molecule has 0 radical (unpaired) electrons. The second-order valence-corrected chi connectivity index (χ2v) is 14.5. The van der Waals surface area contributed by atoms with Gasteiger partial charge in [0.05, 0.1) is 11.0 Å². The van der Waals surface area contributed by atoms with Crippen molar-refractivity contribution in [1.29, 1.82) is 0 Å². The lowest BCUT2D eigenvalue weighted by molar-refractivity contribution is 1.08. The molecule has 0 aliphatic heterocycles. The molecule has 0 aliphatic rings. The van der Waals surface area contributed by atoms with E-state index in [9.17, 15) is 0 Å². The Balaban J connectivity index is 1.05. The van der Waals surface area contributed by atoms with Crippen LogP contribution in [0.25, 0.3) is 106 Å². The summed E-state index contributed by atoms with van der Waals surface area (Å²) in [6.07, 6.45) is 3.66. The molecular weight excluding hydrogens is 721 g/mol. The van der Waals surface area contributed by atoms with Gasteiger partial charge in [0, 0.05) is 40.3 Å². The maximum atomic E-state index is 5.18. The highest BCUT2D eigenvalue weighted by atomic mass is 15.1. The van der Waals surface area contributed by atoms with Crippen LogP contribution in [0.4, 0.5) is 0 Å². The number of fused-ring (bicyclic) bond motifs is 3. The molecule has 0 N–H and O–H groups in total. The van der Waals surface area contributed by atoms with E-state index in [1.54, 1.807) is 6.20 Å². The van der Waals surface area contributed by atoms with E-state index < -0.39 is 0 Å². The largest absolute Gasteiger partial charge is 0.292 e. The van der Waals surface area contributed by atoms with Crippen LogP contribution in [0.15, 0.2) is 207 Å². The van der Waals surface area contributed by atoms with Crippen LogP contribution in [-0.2, 0) is 0 Å². The number of aromatic nitrogens is 6. The van der Waals surface area contributed by atoms with Crippen molar-refractivity contribution < 1.29 is 0 Å². The third-order valence-electron chi connectivity index (χ3n) is 10.9. The van der Waals surface area contributed by atoms with Gasteiger partial charge in [-0.25, -0.2) is 19.9 Å². The SMILES string of the molecule is c1ccc(-c2nc(-c3ccccc3)nc(-c3c4ccccc4c(-c4ccc(-c5ccc6c(c5)nc(-c5cccnc5)n6-c5ccccc5)cc4)c4ccccc34)n2)cc1. The zero-order chi connectivity index (χ0) is 39.1. The van der Waals surface area contributed by atoms with Crippen molar-refractivity contribution in [1.82, 2.24) is 29.5 Å². The van der Waals surface area contributed by atoms with Gasteiger partial charge < -0.3 is 0 Å². The van der Waals surface area contributed by atoms with E-state index in [-0.39, 0.29) is 0 Å². The molecule has 0 unspecified atom stereocenters. The summed E-state index contributed by atoms with van der Waals surface area (Å²) in [4.78, 5) is 24.9. The van der Waals surface area contributed by atoms with E-state index in [0.717, 1.165) is 83.0 Å². The summed E-state index contributed by atoms with van der Waals surface area (Å²) < 4.78 is 2.21. The molecule has 0 saturated heterocycles. The van der Waals surface area contributed by atoms with Gasteiger partial charge in [-0.05, 0) is 80.2 Å². The van der Waals surface area contributed by atoms with Crippen LogP contribution in [0.1, 0.15) is 0 Å². The number of nitrogens with zero attached hydrogens (tertiary/aromatic N) is 6. The molecular formula is C53H34N6. The van der Waals surface area contributed by atoms with Crippen LogP contribution in [0.2, 0.25) is 0 Å². The fraction of sp³-hybridized carbons (Fsp3) is 0. The lowest BCUT2D eigenvalue weighted by atomic mass is 9.87.